The number of aliphatic hydroxyl groups excluding tert-OH is 1. The van der Waals surface area contributed by atoms with Crippen molar-refractivity contribution in [3.8, 4) is 5.75 Å². The summed E-state index contributed by atoms with van der Waals surface area (Å²) in [6, 6.07) is 3.04. The summed E-state index contributed by atoms with van der Waals surface area (Å²) < 4.78 is 56.9. The third kappa shape index (κ3) is 7.05. The fourth-order valence-corrected chi connectivity index (χ4v) is 3.60. The lowest BCUT2D eigenvalue weighted by Crippen LogP contribution is -2.61. The maximum Gasteiger partial charge on any atom is 0.172 e. The molecule has 0 bridgehead atoms. The Morgan fingerprint density at radius 3 is 2.62 bits per heavy atom. The number of rotatable bonds is 12. The largest absolute Gasteiger partial charge is 0.493 e. The lowest BCUT2D eigenvalue weighted by molar-refractivity contribution is -0.205. The van der Waals surface area contributed by atoms with Gasteiger partial charge in [0.25, 0.3) is 0 Å². The first-order valence-electron chi connectivity index (χ1n) is 11.2. The van der Waals surface area contributed by atoms with Gasteiger partial charge in [-0.1, -0.05) is 6.92 Å². The fraction of sp³-hybridized carbons (Fsp3) is 0.739. The molecule has 1 aromatic rings. The number of morpholine rings is 1. The maximum absolute atomic E-state index is 14.0. The molecular weight excluding hydrogens is 425 g/mol. The molecule has 1 aliphatic heterocycles. The molecule has 0 spiro atoms. The van der Waals surface area contributed by atoms with E-state index < -0.39 is 49.1 Å². The predicted octanol–water partition coefficient (Wildman–Crippen LogP) is 2.51. The molecule has 1 aromatic carbocycles. The van der Waals surface area contributed by atoms with E-state index in [9.17, 15) is 18.3 Å². The standard InChI is InChI=1S/C23H35F3N2O4/c1-14-22(32-13-23(2,11-24)12-25)31-10-20(28-14)21(29)19(27)7-16-5-17(26)8-18(6-16)30-9-15-3-4-15/h5-6,8,14-15,19-22,28-29H,3-4,7,9-13,27H2,1-2H3/t14-,19-,20+,21-,22-/m0/s1. The molecule has 6 nitrogen and oxygen atoms in total. The summed E-state index contributed by atoms with van der Waals surface area (Å²) in [6.07, 6.45) is 0.896. The van der Waals surface area contributed by atoms with Gasteiger partial charge in [0.1, 0.15) is 11.6 Å². The second-order valence-corrected chi connectivity index (χ2v) is 9.56. The molecule has 1 aliphatic carbocycles. The van der Waals surface area contributed by atoms with E-state index in [0.717, 1.165) is 12.8 Å². The topological polar surface area (TPSA) is 86.0 Å². The van der Waals surface area contributed by atoms with E-state index in [1.165, 1.54) is 19.1 Å². The molecule has 0 aromatic heterocycles. The normalized spacial score (nSPS) is 26.0. The van der Waals surface area contributed by atoms with Gasteiger partial charge in [0, 0.05) is 17.5 Å². The first kappa shape index (κ1) is 25.2. The minimum Gasteiger partial charge on any atom is -0.493 e. The Balaban J connectivity index is 1.50. The molecule has 5 atom stereocenters. The number of hydrogen-bond donors (Lipinski definition) is 3. The zero-order valence-corrected chi connectivity index (χ0v) is 18.7. The van der Waals surface area contributed by atoms with Crippen LogP contribution < -0.4 is 15.8 Å². The number of nitrogens with one attached hydrogen (secondary N) is 1. The van der Waals surface area contributed by atoms with Gasteiger partial charge in [0.05, 0.1) is 51.4 Å². The molecule has 182 valence electrons. The number of alkyl halides is 2. The van der Waals surface area contributed by atoms with E-state index in [1.807, 2.05) is 0 Å². The Labute approximate surface area is 187 Å². The van der Waals surface area contributed by atoms with Crippen LogP contribution in [0.3, 0.4) is 0 Å². The number of ether oxygens (including phenoxy) is 3. The number of aliphatic hydroxyl groups is 1. The predicted molar refractivity (Wildman–Crippen MR) is 114 cm³/mol. The molecule has 0 radical (unpaired) electrons. The van der Waals surface area contributed by atoms with Crippen LogP contribution in [0.4, 0.5) is 13.2 Å². The highest BCUT2D eigenvalue weighted by molar-refractivity contribution is 5.30. The molecule has 1 saturated carbocycles. The van der Waals surface area contributed by atoms with Crippen LogP contribution in [0.5, 0.6) is 5.75 Å². The van der Waals surface area contributed by atoms with Gasteiger partial charge in [-0.25, -0.2) is 4.39 Å². The van der Waals surface area contributed by atoms with Crippen LogP contribution in [0.1, 0.15) is 32.3 Å². The van der Waals surface area contributed by atoms with E-state index in [0.29, 0.717) is 23.8 Å². The van der Waals surface area contributed by atoms with Crippen LogP contribution in [0, 0.1) is 17.2 Å². The van der Waals surface area contributed by atoms with E-state index in [-0.39, 0.29) is 25.7 Å². The monoisotopic (exact) mass is 460 g/mol. The van der Waals surface area contributed by atoms with E-state index in [4.69, 9.17) is 19.9 Å². The average molecular weight is 461 g/mol. The van der Waals surface area contributed by atoms with E-state index in [2.05, 4.69) is 5.32 Å². The maximum atomic E-state index is 14.0. The minimum absolute atomic E-state index is 0.116. The highest BCUT2D eigenvalue weighted by Gasteiger charge is 2.36. The van der Waals surface area contributed by atoms with Crippen LogP contribution in [0.2, 0.25) is 0 Å². The first-order chi connectivity index (χ1) is 15.2. The van der Waals surface area contributed by atoms with E-state index >= 15 is 0 Å². The average Bonchev–Trinajstić information content (AvgIpc) is 3.60. The summed E-state index contributed by atoms with van der Waals surface area (Å²) in [4.78, 5) is 0. The fourth-order valence-electron chi connectivity index (χ4n) is 3.60. The Bertz CT molecular complexity index is 733. The smallest absolute Gasteiger partial charge is 0.172 e. The van der Waals surface area contributed by atoms with E-state index in [1.54, 1.807) is 13.0 Å². The summed E-state index contributed by atoms with van der Waals surface area (Å²) >= 11 is 0. The van der Waals surface area contributed by atoms with Crippen molar-refractivity contribution in [2.24, 2.45) is 17.1 Å². The number of halogens is 3. The summed E-state index contributed by atoms with van der Waals surface area (Å²) in [7, 11) is 0. The Morgan fingerprint density at radius 2 is 2.00 bits per heavy atom. The zero-order valence-electron chi connectivity index (χ0n) is 18.7. The van der Waals surface area contributed by atoms with Crippen molar-refractivity contribution in [2.75, 3.05) is 33.2 Å². The minimum atomic E-state index is -1.20. The lowest BCUT2D eigenvalue weighted by atomic mass is 9.95. The van der Waals surface area contributed by atoms with Gasteiger partial charge in [-0.3, -0.25) is 8.78 Å². The van der Waals surface area contributed by atoms with Crippen molar-refractivity contribution in [3.05, 3.63) is 29.6 Å². The Morgan fingerprint density at radius 1 is 1.28 bits per heavy atom. The van der Waals surface area contributed by atoms with Crippen molar-refractivity contribution in [1.29, 1.82) is 0 Å². The van der Waals surface area contributed by atoms with Crippen molar-refractivity contribution >= 4 is 0 Å². The van der Waals surface area contributed by atoms with Crippen LogP contribution in [-0.4, -0.2) is 68.8 Å². The van der Waals surface area contributed by atoms with Crippen molar-refractivity contribution < 1.29 is 32.5 Å². The lowest BCUT2D eigenvalue weighted by Gasteiger charge is -2.39. The van der Waals surface area contributed by atoms with Crippen molar-refractivity contribution in [2.45, 2.75) is 63.6 Å². The number of hydrogen-bond acceptors (Lipinski definition) is 6. The number of benzene rings is 1. The first-order valence-corrected chi connectivity index (χ1v) is 11.2. The zero-order chi connectivity index (χ0) is 23.3. The molecule has 0 unspecified atom stereocenters. The number of nitrogens with two attached hydrogens (primary N) is 1. The van der Waals surface area contributed by atoms with Gasteiger partial charge in [-0.15, -0.1) is 0 Å². The van der Waals surface area contributed by atoms with Crippen LogP contribution >= 0.6 is 0 Å². The highest BCUT2D eigenvalue weighted by atomic mass is 19.1. The Kier molecular flexibility index (Phi) is 8.80. The second kappa shape index (κ2) is 11.2. The molecule has 2 fully saturated rings. The SMILES string of the molecule is C[C@@H]1N[C@@H]([C@@H](O)[C@@H](N)Cc2cc(F)cc(OCC3CC3)c2)CO[C@H]1OCC(C)(CF)CF. The summed E-state index contributed by atoms with van der Waals surface area (Å²) in [5.41, 5.74) is 5.66. The van der Waals surface area contributed by atoms with Gasteiger partial charge in [-0.2, -0.15) is 0 Å². The van der Waals surface area contributed by atoms with Crippen LogP contribution in [-0.2, 0) is 15.9 Å². The third-order valence-electron chi connectivity index (χ3n) is 6.00. The Hall–Kier alpha value is -1.39. The molecule has 32 heavy (non-hydrogen) atoms. The second-order valence-electron chi connectivity index (χ2n) is 9.56. The summed E-state index contributed by atoms with van der Waals surface area (Å²) in [5, 5.41) is 13.9. The molecule has 2 aliphatic rings. The molecule has 9 heteroatoms. The quantitative estimate of drug-likeness (QED) is 0.445. The van der Waals surface area contributed by atoms with Gasteiger partial charge in [0.15, 0.2) is 6.29 Å². The van der Waals surface area contributed by atoms with Gasteiger partial charge < -0.3 is 30.4 Å². The van der Waals surface area contributed by atoms with Crippen molar-refractivity contribution in [3.63, 3.8) is 0 Å². The molecule has 0 amide bonds. The molecule has 1 heterocycles. The molecule has 1 saturated heterocycles. The van der Waals surface area contributed by atoms with Gasteiger partial charge in [0.2, 0.25) is 0 Å². The van der Waals surface area contributed by atoms with Crippen LogP contribution in [0.15, 0.2) is 18.2 Å². The summed E-state index contributed by atoms with van der Waals surface area (Å²) in [6.45, 7) is 2.18. The van der Waals surface area contributed by atoms with Crippen LogP contribution in [0.25, 0.3) is 0 Å². The molecule has 4 N–H and O–H groups in total. The van der Waals surface area contributed by atoms with Crippen molar-refractivity contribution in [1.82, 2.24) is 5.32 Å². The summed E-state index contributed by atoms with van der Waals surface area (Å²) in [5.74, 6) is 0.617. The van der Waals surface area contributed by atoms with Gasteiger partial charge >= 0.3 is 0 Å². The third-order valence-corrected chi connectivity index (χ3v) is 6.00. The molecule has 3 rings (SSSR count). The molecular formula is C23H35F3N2O4. The van der Waals surface area contributed by atoms with Gasteiger partial charge in [-0.05, 0) is 49.8 Å². The highest BCUT2D eigenvalue weighted by Crippen LogP contribution is 2.30.